The van der Waals surface area contributed by atoms with Gasteiger partial charge >= 0.3 is 0 Å². The molecule has 2 amide bonds. The molecule has 24 heavy (non-hydrogen) atoms. The number of aryl methyl sites for hydroxylation is 1. The number of carbonyl (C=O) groups is 2. The van der Waals surface area contributed by atoms with Crippen molar-refractivity contribution in [3.05, 3.63) is 57.8 Å². The van der Waals surface area contributed by atoms with E-state index in [-0.39, 0.29) is 11.8 Å². The molecule has 5 heteroatoms. The highest BCUT2D eigenvalue weighted by Gasteiger charge is 2.45. The highest BCUT2D eigenvalue weighted by molar-refractivity contribution is 7.07. The number of nitrogens with one attached hydrogen (secondary N) is 1. The van der Waals surface area contributed by atoms with Crippen molar-refractivity contribution in [1.82, 2.24) is 10.2 Å². The van der Waals surface area contributed by atoms with E-state index in [0.717, 1.165) is 29.5 Å². The smallest absolute Gasteiger partial charge is 0.253 e. The van der Waals surface area contributed by atoms with Crippen molar-refractivity contribution in [2.75, 3.05) is 7.05 Å². The van der Waals surface area contributed by atoms with Gasteiger partial charge in [-0.1, -0.05) is 24.3 Å². The second-order valence-electron chi connectivity index (χ2n) is 6.39. The summed E-state index contributed by atoms with van der Waals surface area (Å²) in [7, 11) is 1.81. The molecule has 0 aliphatic heterocycles. The van der Waals surface area contributed by atoms with Crippen molar-refractivity contribution in [1.29, 1.82) is 0 Å². The van der Waals surface area contributed by atoms with E-state index in [9.17, 15) is 9.59 Å². The van der Waals surface area contributed by atoms with Gasteiger partial charge in [0.05, 0.1) is 0 Å². The SMILES string of the molecule is CC(=O)N[C@]1(C(=O)N(C)Cc2ccsc2)CCCc2ccccc21. The predicted molar refractivity (Wildman–Crippen MR) is 95.7 cm³/mol. The summed E-state index contributed by atoms with van der Waals surface area (Å²) >= 11 is 1.62. The van der Waals surface area contributed by atoms with Gasteiger partial charge in [-0.25, -0.2) is 0 Å². The first-order valence-corrected chi connectivity index (χ1v) is 9.11. The van der Waals surface area contributed by atoms with Crippen molar-refractivity contribution in [3.8, 4) is 0 Å². The quantitative estimate of drug-likeness (QED) is 0.928. The number of hydrogen-bond donors (Lipinski definition) is 1. The van der Waals surface area contributed by atoms with Gasteiger partial charge in [-0.05, 0) is 52.8 Å². The summed E-state index contributed by atoms with van der Waals surface area (Å²) in [5, 5.41) is 7.04. The van der Waals surface area contributed by atoms with Crippen LogP contribution in [0.1, 0.15) is 36.5 Å². The van der Waals surface area contributed by atoms with E-state index in [4.69, 9.17) is 0 Å². The topological polar surface area (TPSA) is 49.4 Å². The number of fused-ring (bicyclic) bond motifs is 1. The molecule has 0 unspecified atom stereocenters. The Morgan fingerprint density at radius 2 is 2.08 bits per heavy atom. The Balaban J connectivity index is 1.97. The minimum Gasteiger partial charge on any atom is -0.339 e. The molecule has 0 spiro atoms. The van der Waals surface area contributed by atoms with Crippen LogP contribution < -0.4 is 5.32 Å². The summed E-state index contributed by atoms with van der Waals surface area (Å²) < 4.78 is 0. The fraction of sp³-hybridized carbons (Fsp3) is 0.368. The summed E-state index contributed by atoms with van der Waals surface area (Å²) in [6.07, 6.45) is 2.46. The zero-order chi connectivity index (χ0) is 17.2. The lowest BCUT2D eigenvalue weighted by Gasteiger charge is -2.40. The maximum Gasteiger partial charge on any atom is 0.253 e. The van der Waals surface area contributed by atoms with Gasteiger partial charge in [0, 0.05) is 20.5 Å². The van der Waals surface area contributed by atoms with Crippen LogP contribution in [0.5, 0.6) is 0 Å². The van der Waals surface area contributed by atoms with E-state index in [1.54, 1.807) is 23.3 Å². The molecule has 126 valence electrons. The molecular weight excluding hydrogens is 320 g/mol. The number of thiophene rings is 1. The summed E-state index contributed by atoms with van der Waals surface area (Å²) in [4.78, 5) is 27.0. The van der Waals surface area contributed by atoms with E-state index in [0.29, 0.717) is 13.0 Å². The maximum atomic E-state index is 13.4. The summed E-state index contributed by atoms with van der Waals surface area (Å²) in [6, 6.07) is 9.97. The van der Waals surface area contributed by atoms with Crippen LogP contribution in [-0.4, -0.2) is 23.8 Å². The lowest BCUT2D eigenvalue weighted by atomic mass is 9.75. The van der Waals surface area contributed by atoms with Crippen molar-refractivity contribution >= 4 is 23.2 Å². The van der Waals surface area contributed by atoms with Crippen molar-refractivity contribution in [2.45, 2.75) is 38.3 Å². The zero-order valence-electron chi connectivity index (χ0n) is 14.0. The van der Waals surface area contributed by atoms with Gasteiger partial charge < -0.3 is 10.2 Å². The van der Waals surface area contributed by atoms with E-state index >= 15 is 0 Å². The molecule has 0 saturated heterocycles. The van der Waals surface area contributed by atoms with E-state index in [1.165, 1.54) is 6.92 Å². The minimum absolute atomic E-state index is 0.0453. The second kappa shape index (κ2) is 6.77. The molecule has 0 radical (unpaired) electrons. The van der Waals surface area contributed by atoms with E-state index < -0.39 is 5.54 Å². The Labute approximate surface area is 146 Å². The molecule has 1 atom stereocenters. The van der Waals surface area contributed by atoms with E-state index in [1.807, 2.05) is 35.0 Å². The van der Waals surface area contributed by atoms with Crippen molar-refractivity contribution < 1.29 is 9.59 Å². The highest BCUT2D eigenvalue weighted by atomic mass is 32.1. The molecule has 0 saturated carbocycles. The Bertz CT molecular complexity index is 742. The summed E-state index contributed by atoms with van der Waals surface area (Å²) in [5.41, 5.74) is 2.24. The van der Waals surface area contributed by atoms with Crippen LogP contribution in [0.4, 0.5) is 0 Å². The number of nitrogens with zero attached hydrogens (tertiary/aromatic N) is 1. The van der Waals surface area contributed by atoms with Gasteiger partial charge in [0.2, 0.25) is 5.91 Å². The zero-order valence-corrected chi connectivity index (χ0v) is 14.9. The number of rotatable bonds is 4. The average Bonchev–Trinajstić information content (AvgIpc) is 3.07. The molecule has 1 aromatic carbocycles. The molecule has 1 aliphatic rings. The van der Waals surface area contributed by atoms with E-state index in [2.05, 4.69) is 11.4 Å². The third-order valence-corrected chi connectivity index (χ3v) is 5.31. The Hall–Kier alpha value is -2.14. The van der Waals surface area contributed by atoms with Crippen LogP contribution in [0.25, 0.3) is 0 Å². The van der Waals surface area contributed by atoms with Gasteiger partial charge in [-0.15, -0.1) is 0 Å². The lowest BCUT2D eigenvalue weighted by Crippen LogP contribution is -2.57. The average molecular weight is 342 g/mol. The fourth-order valence-electron chi connectivity index (χ4n) is 3.59. The molecule has 1 aliphatic carbocycles. The third kappa shape index (κ3) is 3.08. The normalized spacial score (nSPS) is 19.4. The van der Waals surface area contributed by atoms with Crippen LogP contribution in [-0.2, 0) is 28.1 Å². The van der Waals surface area contributed by atoms with Gasteiger partial charge in [-0.2, -0.15) is 11.3 Å². The first-order valence-electron chi connectivity index (χ1n) is 8.17. The third-order valence-electron chi connectivity index (χ3n) is 4.58. The lowest BCUT2D eigenvalue weighted by molar-refractivity contribution is -0.142. The van der Waals surface area contributed by atoms with Crippen molar-refractivity contribution in [3.63, 3.8) is 0 Å². The predicted octanol–water partition coefficient (Wildman–Crippen LogP) is 3.07. The highest BCUT2D eigenvalue weighted by Crippen LogP contribution is 2.37. The first-order chi connectivity index (χ1) is 11.5. The monoisotopic (exact) mass is 342 g/mol. The molecule has 0 fully saturated rings. The van der Waals surface area contributed by atoms with Crippen LogP contribution >= 0.6 is 11.3 Å². The van der Waals surface area contributed by atoms with Gasteiger partial charge in [-0.3, -0.25) is 9.59 Å². The molecule has 0 bridgehead atoms. The van der Waals surface area contributed by atoms with Crippen molar-refractivity contribution in [2.24, 2.45) is 0 Å². The Kier molecular flexibility index (Phi) is 4.71. The molecular formula is C19H22N2O2S. The summed E-state index contributed by atoms with van der Waals surface area (Å²) in [6.45, 7) is 2.02. The molecule has 2 aromatic rings. The molecule has 1 N–H and O–H groups in total. The molecule has 1 aromatic heterocycles. The van der Waals surface area contributed by atoms with Crippen LogP contribution in [0.3, 0.4) is 0 Å². The second-order valence-corrected chi connectivity index (χ2v) is 7.17. The number of carbonyl (C=O) groups excluding carboxylic acids is 2. The first kappa shape index (κ1) is 16.7. The minimum atomic E-state index is -0.953. The Morgan fingerprint density at radius 3 is 2.79 bits per heavy atom. The van der Waals surface area contributed by atoms with Crippen LogP contribution in [0.2, 0.25) is 0 Å². The number of hydrogen-bond acceptors (Lipinski definition) is 3. The van der Waals surface area contributed by atoms with Crippen LogP contribution in [0, 0.1) is 0 Å². The standard InChI is InChI=1S/C19H22N2O2S/c1-14(22)20-19(10-5-7-16-6-3-4-8-17(16)19)18(23)21(2)12-15-9-11-24-13-15/h3-4,6,8-9,11,13H,5,7,10,12H2,1-2H3,(H,20,22)/t19-/m1/s1. The maximum absolute atomic E-state index is 13.4. The molecule has 3 rings (SSSR count). The largest absolute Gasteiger partial charge is 0.339 e. The Morgan fingerprint density at radius 1 is 1.29 bits per heavy atom. The molecule has 1 heterocycles. The number of likely N-dealkylation sites (N-methyl/N-ethyl adjacent to an activating group) is 1. The number of amides is 2. The van der Waals surface area contributed by atoms with Gasteiger partial charge in [0.1, 0.15) is 5.54 Å². The number of benzene rings is 1. The van der Waals surface area contributed by atoms with Gasteiger partial charge in [0.15, 0.2) is 0 Å². The molecule has 4 nitrogen and oxygen atoms in total. The van der Waals surface area contributed by atoms with Crippen LogP contribution in [0.15, 0.2) is 41.1 Å². The fourth-order valence-corrected chi connectivity index (χ4v) is 4.25. The summed E-state index contributed by atoms with van der Waals surface area (Å²) in [5.74, 6) is -0.222. The van der Waals surface area contributed by atoms with Gasteiger partial charge in [0.25, 0.3) is 5.91 Å².